The van der Waals surface area contributed by atoms with Crippen LogP contribution in [0.25, 0.3) is 0 Å². The molecule has 0 fully saturated rings. The summed E-state index contributed by atoms with van der Waals surface area (Å²) in [6, 6.07) is 7.00. The van der Waals surface area contributed by atoms with Gasteiger partial charge in [-0.1, -0.05) is 6.07 Å². The van der Waals surface area contributed by atoms with E-state index in [-0.39, 0.29) is 18.0 Å². The Labute approximate surface area is 123 Å². The number of nitrogens with one attached hydrogen (secondary N) is 1. The van der Waals surface area contributed by atoms with E-state index in [0.717, 1.165) is 21.3 Å². The Morgan fingerprint density at radius 1 is 1.42 bits per heavy atom. The number of ether oxygens (including phenoxy) is 1. The molecule has 2 unspecified atom stereocenters. The van der Waals surface area contributed by atoms with Crippen LogP contribution in [0.4, 0.5) is 4.39 Å². The van der Waals surface area contributed by atoms with E-state index in [0.29, 0.717) is 5.75 Å². The molecular weight excluding hydrogens is 329 g/mol. The molecule has 0 radical (unpaired) electrons. The molecule has 0 spiro atoms. The Balaban J connectivity index is 1.96. The maximum atomic E-state index is 13.4. The van der Waals surface area contributed by atoms with Gasteiger partial charge in [0.05, 0.1) is 0 Å². The van der Waals surface area contributed by atoms with E-state index in [1.165, 1.54) is 12.1 Å². The maximum absolute atomic E-state index is 13.4. The van der Waals surface area contributed by atoms with Crippen LogP contribution >= 0.6 is 27.3 Å². The highest BCUT2D eigenvalue weighted by molar-refractivity contribution is 9.10. The summed E-state index contributed by atoms with van der Waals surface area (Å²) >= 11 is 5.11. The third-order valence-corrected chi connectivity index (χ3v) is 5.11. The van der Waals surface area contributed by atoms with Gasteiger partial charge in [-0.3, -0.25) is 0 Å². The van der Waals surface area contributed by atoms with E-state index >= 15 is 0 Å². The fourth-order valence-electron chi connectivity index (χ4n) is 2.39. The van der Waals surface area contributed by atoms with E-state index in [1.807, 2.05) is 12.4 Å². The van der Waals surface area contributed by atoms with Crippen LogP contribution in [-0.4, -0.2) is 7.05 Å². The molecule has 1 N–H and O–H groups in total. The van der Waals surface area contributed by atoms with Crippen molar-refractivity contribution in [2.45, 2.75) is 18.6 Å². The molecule has 2 heterocycles. The Morgan fingerprint density at radius 2 is 2.26 bits per heavy atom. The fourth-order valence-corrected chi connectivity index (χ4v) is 3.87. The zero-order valence-electron chi connectivity index (χ0n) is 10.3. The minimum Gasteiger partial charge on any atom is -0.484 e. The summed E-state index contributed by atoms with van der Waals surface area (Å²) in [6.07, 6.45) is 0.824. The Kier molecular flexibility index (Phi) is 3.60. The molecule has 0 saturated heterocycles. The molecule has 2 atom stereocenters. The molecular formula is C14H13BrFNOS. The van der Waals surface area contributed by atoms with Crippen molar-refractivity contribution in [2.24, 2.45) is 0 Å². The molecule has 1 aromatic carbocycles. The normalized spacial score (nSPS) is 21.8. The Morgan fingerprint density at radius 3 is 2.95 bits per heavy atom. The average Bonchev–Trinajstić information content (AvgIpc) is 2.83. The summed E-state index contributed by atoms with van der Waals surface area (Å²) in [5, 5.41) is 5.31. The largest absolute Gasteiger partial charge is 0.484 e. The first-order valence-electron chi connectivity index (χ1n) is 6.04. The SMILES string of the molecule is CNC1CC(c2cc(Br)cs2)Oc2cc(F)ccc21. The van der Waals surface area contributed by atoms with Crippen LogP contribution in [0.3, 0.4) is 0 Å². The summed E-state index contributed by atoms with van der Waals surface area (Å²) in [4.78, 5) is 1.15. The van der Waals surface area contributed by atoms with Crippen molar-refractivity contribution < 1.29 is 9.13 Å². The van der Waals surface area contributed by atoms with E-state index in [1.54, 1.807) is 17.4 Å². The quantitative estimate of drug-likeness (QED) is 0.872. The van der Waals surface area contributed by atoms with Crippen LogP contribution < -0.4 is 10.1 Å². The fraction of sp³-hybridized carbons (Fsp3) is 0.286. The molecule has 1 aliphatic heterocycles. The first kappa shape index (κ1) is 13.1. The lowest BCUT2D eigenvalue weighted by Gasteiger charge is -2.31. The van der Waals surface area contributed by atoms with Crippen LogP contribution in [0.15, 0.2) is 34.1 Å². The van der Waals surface area contributed by atoms with Gasteiger partial charge in [-0.25, -0.2) is 4.39 Å². The number of fused-ring (bicyclic) bond motifs is 1. The van der Waals surface area contributed by atoms with Crippen molar-refractivity contribution in [3.8, 4) is 5.75 Å². The van der Waals surface area contributed by atoms with Gasteiger partial charge >= 0.3 is 0 Å². The van der Waals surface area contributed by atoms with Crippen LogP contribution in [0.1, 0.15) is 29.0 Å². The van der Waals surface area contributed by atoms with Gasteiger partial charge in [-0.2, -0.15) is 0 Å². The molecule has 0 aliphatic carbocycles. The first-order valence-corrected chi connectivity index (χ1v) is 7.72. The van der Waals surface area contributed by atoms with Gasteiger partial charge in [0.25, 0.3) is 0 Å². The van der Waals surface area contributed by atoms with E-state index in [9.17, 15) is 4.39 Å². The van der Waals surface area contributed by atoms with Crippen LogP contribution in [0.5, 0.6) is 5.75 Å². The average molecular weight is 342 g/mol. The summed E-state index contributed by atoms with van der Waals surface area (Å²) < 4.78 is 20.4. The lowest BCUT2D eigenvalue weighted by molar-refractivity contribution is 0.156. The van der Waals surface area contributed by atoms with Crippen molar-refractivity contribution in [3.05, 3.63) is 50.4 Å². The first-order chi connectivity index (χ1) is 9.17. The number of halogens is 2. The van der Waals surface area contributed by atoms with Crippen molar-refractivity contribution in [1.82, 2.24) is 5.32 Å². The second-order valence-electron chi connectivity index (χ2n) is 4.53. The smallest absolute Gasteiger partial charge is 0.135 e. The minimum atomic E-state index is -0.262. The van der Waals surface area contributed by atoms with Gasteiger partial charge in [-0.05, 0) is 35.1 Å². The highest BCUT2D eigenvalue weighted by Gasteiger charge is 2.29. The predicted octanol–water partition coefficient (Wildman–Crippen LogP) is 4.43. The molecule has 0 saturated carbocycles. The van der Waals surface area contributed by atoms with E-state index in [4.69, 9.17) is 4.74 Å². The van der Waals surface area contributed by atoms with Gasteiger partial charge in [0.1, 0.15) is 17.7 Å². The molecule has 100 valence electrons. The summed E-state index contributed by atoms with van der Waals surface area (Å²) in [6.45, 7) is 0. The van der Waals surface area contributed by atoms with Gasteiger partial charge < -0.3 is 10.1 Å². The lowest BCUT2D eigenvalue weighted by atomic mass is 9.96. The minimum absolute atomic E-state index is 0.0250. The number of thiophene rings is 1. The zero-order valence-corrected chi connectivity index (χ0v) is 12.7. The highest BCUT2D eigenvalue weighted by Crippen LogP contribution is 2.42. The zero-order chi connectivity index (χ0) is 13.4. The molecule has 1 aromatic heterocycles. The number of rotatable bonds is 2. The monoisotopic (exact) mass is 341 g/mol. The Hall–Kier alpha value is -0.910. The summed E-state index contributed by atoms with van der Waals surface area (Å²) in [5.41, 5.74) is 1.02. The molecule has 5 heteroatoms. The second-order valence-corrected chi connectivity index (χ2v) is 6.39. The number of hydrogen-bond donors (Lipinski definition) is 1. The lowest BCUT2D eigenvalue weighted by Crippen LogP contribution is -2.26. The van der Waals surface area contributed by atoms with Gasteiger partial charge in [-0.15, -0.1) is 11.3 Å². The van der Waals surface area contributed by atoms with Crippen molar-refractivity contribution in [3.63, 3.8) is 0 Å². The third kappa shape index (κ3) is 2.55. The highest BCUT2D eigenvalue weighted by atomic mass is 79.9. The molecule has 3 rings (SSSR count). The molecule has 0 amide bonds. The topological polar surface area (TPSA) is 21.3 Å². The van der Waals surface area contributed by atoms with E-state index < -0.39 is 0 Å². The van der Waals surface area contributed by atoms with Crippen molar-refractivity contribution in [1.29, 1.82) is 0 Å². The molecule has 0 bridgehead atoms. The molecule has 2 aromatic rings. The molecule has 19 heavy (non-hydrogen) atoms. The molecule has 2 nitrogen and oxygen atoms in total. The molecule has 1 aliphatic rings. The van der Waals surface area contributed by atoms with Crippen LogP contribution in [0.2, 0.25) is 0 Å². The van der Waals surface area contributed by atoms with Crippen LogP contribution in [0, 0.1) is 5.82 Å². The standard InChI is InChI=1S/C14H13BrFNOS/c1-17-11-6-13(14-4-8(15)7-19-14)18-12-5-9(16)2-3-10(11)12/h2-5,7,11,13,17H,6H2,1H3. The van der Waals surface area contributed by atoms with Crippen molar-refractivity contribution in [2.75, 3.05) is 7.05 Å². The summed E-state index contributed by atoms with van der Waals surface area (Å²) in [7, 11) is 1.92. The summed E-state index contributed by atoms with van der Waals surface area (Å²) in [5.74, 6) is 0.377. The predicted molar refractivity (Wildman–Crippen MR) is 78.2 cm³/mol. The van der Waals surface area contributed by atoms with Crippen LogP contribution in [-0.2, 0) is 0 Å². The van der Waals surface area contributed by atoms with Gasteiger partial charge in [0.15, 0.2) is 0 Å². The van der Waals surface area contributed by atoms with Crippen molar-refractivity contribution >= 4 is 27.3 Å². The van der Waals surface area contributed by atoms with Gasteiger partial charge in [0, 0.05) is 38.8 Å². The number of hydrogen-bond acceptors (Lipinski definition) is 3. The van der Waals surface area contributed by atoms with Gasteiger partial charge in [0.2, 0.25) is 0 Å². The number of benzene rings is 1. The second kappa shape index (κ2) is 5.23. The van der Waals surface area contributed by atoms with E-state index in [2.05, 4.69) is 27.3 Å². The Bertz CT molecular complexity index is 601. The maximum Gasteiger partial charge on any atom is 0.135 e. The third-order valence-electron chi connectivity index (χ3n) is 3.32.